The van der Waals surface area contributed by atoms with Gasteiger partial charge in [-0.3, -0.25) is 0 Å². The normalized spacial score (nSPS) is 11.2. The lowest BCUT2D eigenvalue weighted by Crippen LogP contribution is -2.13. The molecule has 0 saturated heterocycles. The molecule has 0 saturated carbocycles. The predicted molar refractivity (Wildman–Crippen MR) is 80.5 cm³/mol. The first-order valence-electron chi connectivity index (χ1n) is 6.64. The highest BCUT2D eigenvalue weighted by molar-refractivity contribution is 7.86. The molecule has 0 spiro atoms. The third-order valence-electron chi connectivity index (χ3n) is 2.96. The average molecular weight is 317 g/mol. The summed E-state index contributed by atoms with van der Waals surface area (Å²) >= 11 is 0. The van der Waals surface area contributed by atoms with Gasteiger partial charge in [-0.2, -0.15) is 13.7 Å². The first-order chi connectivity index (χ1) is 10.4. The van der Waals surface area contributed by atoms with Crippen LogP contribution in [0.1, 0.15) is 36.6 Å². The van der Waals surface area contributed by atoms with Crippen molar-refractivity contribution < 1.29 is 12.6 Å². The largest absolute Gasteiger partial charge is 0.360 e. The van der Waals surface area contributed by atoms with Gasteiger partial charge in [0.25, 0.3) is 5.88 Å². The van der Waals surface area contributed by atoms with E-state index < -0.39 is 10.1 Å². The van der Waals surface area contributed by atoms with Gasteiger partial charge in [-0.1, -0.05) is 38.1 Å². The lowest BCUT2D eigenvalue weighted by atomic mass is 10.0. The van der Waals surface area contributed by atoms with Crippen LogP contribution in [-0.4, -0.2) is 18.6 Å². The van der Waals surface area contributed by atoms with E-state index in [1.165, 1.54) is 12.1 Å². The Morgan fingerprint density at radius 3 is 2.32 bits per heavy atom. The van der Waals surface area contributed by atoms with Crippen molar-refractivity contribution in [3.8, 4) is 11.9 Å². The maximum absolute atomic E-state index is 12.0. The number of benzene rings is 1. The van der Waals surface area contributed by atoms with Gasteiger partial charge in [0, 0.05) is 6.07 Å². The van der Waals surface area contributed by atoms with Crippen molar-refractivity contribution in [2.75, 3.05) is 0 Å². The Morgan fingerprint density at radius 2 is 1.82 bits per heavy atom. The SMILES string of the molecule is CC(C)c1ccc(CS(=O)(=O)Oc2ccc(C#N)nn2)cc1. The molecule has 0 fully saturated rings. The lowest BCUT2D eigenvalue weighted by molar-refractivity contribution is 0.470. The molecule has 7 heteroatoms. The van der Waals surface area contributed by atoms with E-state index in [2.05, 4.69) is 24.0 Å². The number of aromatic nitrogens is 2. The van der Waals surface area contributed by atoms with Crippen LogP contribution in [0.15, 0.2) is 36.4 Å². The maximum atomic E-state index is 12.0. The summed E-state index contributed by atoms with van der Waals surface area (Å²) in [6.07, 6.45) is 0. The van der Waals surface area contributed by atoms with Crippen molar-refractivity contribution in [1.29, 1.82) is 5.26 Å². The van der Waals surface area contributed by atoms with Crippen LogP contribution in [0, 0.1) is 11.3 Å². The predicted octanol–water partition coefficient (Wildman–Crippen LogP) is 2.38. The molecule has 0 N–H and O–H groups in total. The summed E-state index contributed by atoms with van der Waals surface area (Å²) in [5, 5.41) is 15.7. The molecule has 0 atom stereocenters. The minimum Gasteiger partial charge on any atom is -0.360 e. The van der Waals surface area contributed by atoms with Crippen molar-refractivity contribution in [2.24, 2.45) is 0 Å². The summed E-state index contributed by atoms with van der Waals surface area (Å²) < 4.78 is 28.8. The molecule has 2 rings (SSSR count). The van der Waals surface area contributed by atoms with Crippen molar-refractivity contribution >= 4 is 10.1 Å². The topological polar surface area (TPSA) is 92.9 Å². The second-order valence-corrected chi connectivity index (χ2v) is 6.62. The van der Waals surface area contributed by atoms with Crippen molar-refractivity contribution in [3.63, 3.8) is 0 Å². The van der Waals surface area contributed by atoms with Gasteiger partial charge in [-0.15, -0.1) is 10.2 Å². The molecule has 0 bridgehead atoms. The number of rotatable bonds is 5. The Hall–Kier alpha value is -2.46. The van der Waals surface area contributed by atoms with Gasteiger partial charge in [0.15, 0.2) is 5.69 Å². The van der Waals surface area contributed by atoms with Crippen LogP contribution in [-0.2, 0) is 15.9 Å². The van der Waals surface area contributed by atoms with Crippen LogP contribution in [0.2, 0.25) is 0 Å². The Kier molecular flexibility index (Phi) is 4.73. The molecule has 2 aromatic rings. The Balaban J connectivity index is 2.08. The second kappa shape index (κ2) is 6.54. The van der Waals surface area contributed by atoms with E-state index in [0.717, 1.165) is 5.56 Å². The van der Waals surface area contributed by atoms with Crippen LogP contribution in [0.5, 0.6) is 5.88 Å². The number of nitrogens with zero attached hydrogens (tertiary/aromatic N) is 3. The van der Waals surface area contributed by atoms with E-state index in [-0.39, 0.29) is 17.3 Å². The summed E-state index contributed by atoms with van der Waals surface area (Å²) in [7, 11) is -3.83. The van der Waals surface area contributed by atoms with E-state index >= 15 is 0 Å². The highest BCUT2D eigenvalue weighted by Gasteiger charge is 2.15. The van der Waals surface area contributed by atoms with Gasteiger partial charge >= 0.3 is 10.1 Å². The van der Waals surface area contributed by atoms with E-state index in [9.17, 15) is 8.42 Å². The fourth-order valence-corrected chi connectivity index (χ4v) is 2.80. The molecule has 114 valence electrons. The molecule has 1 aromatic carbocycles. The fraction of sp³-hybridized carbons (Fsp3) is 0.267. The zero-order chi connectivity index (χ0) is 16.2. The molecule has 0 aliphatic heterocycles. The van der Waals surface area contributed by atoms with Gasteiger partial charge < -0.3 is 4.18 Å². The summed E-state index contributed by atoms with van der Waals surface area (Å²) in [4.78, 5) is 0. The Labute approximate surface area is 129 Å². The third-order valence-corrected chi connectivity index (χ3v) is 4.07. The van der Waals surface area contributed by atoms with Crippen LogP contribution in [0.25, 0.3) is 0 Å². The molecule has 0 radical (unpaired) electrons. The molecular weight excluding hydrogens is 302 g/mol. The van der Waals surface area contributed by atoms with Crippen LogP contribution < -0.4 is 4.18 Å². The summed E-state index contributed by atoms with van der Waals surface area (Å²) in [6.45, 7) is 4.14. The standard InChI is InChI=1S/C15H15N3O3S/c1-11(2)13-5-3-12(4-6-13)10-22(19,20)21-15-8-7-14(9-16)17-18-15/h3-8,11H,10H2,1-2H3. The first-order valence-corrected chi connectivity index (χ1v) is 8.22. The van der Waals surface area contributed by atoms with Gasteiger partial charge in [-0.05, 0) is 23.1 Å². The number of nitriles is 1. The third kappa shape index (κ3) is 4.27. The quantitative estimate of drug-likeness (QED) is 0.786. The van der Waals surface area contributed by atoms with Crippen molar-refractivity contribution in [3.05, 3.63) is 53.2 Å². The molecule has 0 aliphatic rings. The van der Waals surface area contributed by atoms with Gasteiger partial charge in [0.1, 0.15) is 11.8 Å². The fourth-order valence-electron chi connectivity index (χ4n) is 1.79. The molecule has 0 amide bonds. The summed E-state index contributed by atoms with van der Waals surface area (Å²) in [6, 6.07) is 11.8. The molecular formula is C15H15N3O3S. The Morgan fingerprint density at radius 1 is 1.14 bits per heavy atom. The van der Waals surface area contributed by atoms with Crippen molar-refractivity contribution in [2.45, 2.75) is 25.5 Å². The van der Waals surface area contributed by atoms with E-state index in [0.29, 0.717) is 11.5 Å². The highest BCUT2D eigenvalue weighted by atomic mass is 32.2. The van der Waals surface area contributed by atoms with E-state index in [1.807, 2.05) is 12.1 Å². The monoisotopic (exact) mass is 317 g/mol. The molecule has 6 nitrogen and oxygen atoms in total. The van der Waals surface area contributed by atoms with Gasteiger partial charge in [0.05, 0.1) is 0 Å². The summed E-state index contributed by atoms with van der Waals surface area (Å²) in [5.41, 5.74) is 1.86. The second-order valence-electron chi connectivity index (χ2n) is 5.05. The molecule has 22 heavy (non-hydrogen) atoms. The van der Waals surface area contributed by atoms with Gasteiger partial charge in [0.2, 0.25) is 0 Å². The molecule has 1 aromatic heterocycles. The average Bonchev–Trinajstić information content (AvgIpc) is 2.47. The smallest absolute Gasteiger partial charge is 0.314 e. The minimum atomic E-state index is -3.83. The number of hydrogen-bond donors (Lipinski definition) is 0. The van der Waals surface area contributed by atoms with E-state index in [1.54, 1.807) is 18.2 Å². The molecule has 0 aliphatic carbocycles. The molecule has 0 unspecified atom stereocenters. The number of hydrogen-bond acceptors (Lipinski definition) is 6. The van der Waals surface area contributed by atoms with Crippen LogP contribution in [0.4, 0.5) is 0 Å². The van der Waals surface area contributed by atoms with E-state index in [4.69, 9.17) is 9.44 Å². The van der Waals surface area contributed by atoms with Gasteiger partial charge in [-0.25, -0.2) is 0 Å². The lowest BCUT2D eigenvalue weighted by Gasteiger charge is -2.08. The zero-order valence-electron chi connectivity index (χ0n) is 12.2. The molecule has 1 heterocycles. The van der Waals surface area contributed by atoms with Crippen LogP contribution >= 0.6 is 0 Å². The van der Waals surface area contributed by atoms with Crippen LogP contribution in [0.3, 0.4) is 0 Å². The van der Waals surface area contributed by atoms with Crippen molar-refractivity contribution in [1.82, 2.24) is 10.2 Å². The zero-order valence-corrected chi connectivity index (χ0v) is 13.0. The Bertz CT molecular complexity index is 776. The highest BCUT2D eigenvalue weighted by Crippen LogP contribution is 2.17. The first kappa shape index (κ1) is 15.9. The summed E-state index contributed by atoms with van der Waals surface area (Å²) in [5.74, 6) is -0.0267. The maximum Gasteiger partial charge on any atom is 0.314 e. The minimum absolute atomic E-state index is 0.0917.